The van der Waals surface area contributed by atoms with E-state index in [1.54, 1.807) is 0 Å². The van der Waals surface area contributed by atoms with Crippen molar-refractivity contribution in [1.29, 1.82) is 0 Å². The smallest absolute Gasteiger partial charge is 0.414 e. The molecule has 2 aromatic carbocycles. The molecule has 0 spiro atoms. The van der Waals surface area contributed by atoms with E-state index in [2.05, 4.69) is 27.4 Å². The first-order chi connectivity index (χ1) is 24.1. The number of fused-ring (bicyclic) bond motifs is 4. The topological polar surface area (TPSA) is 104 Å². The summed E-state index contributed by atoms with van der Waals surface area (Å²) in [5, 5.41) is 1.01. The van der Waals surface area contributed by atoms with Crippen molar-refractivity contribution in [3.05, 3.63) is 60.3 Å². The van der Waals surface area contributed by atoms with Gasteiger partial charge in [-0.3, -0.25) is 9.78 Å². The van der Waals surface area contributed by atoms with E-state index in [0.29, 0.717) is 36.3 Å². The summed E-state index contributed by atoms with van der Waals surface area (Å²) < 4.78 is 43.9. The van der Waals surface area contributed by atoms with Crippen LogP contribution in [0.1, 0.15) is 31.2 Å². The van der Waals surface area contributed by atoms with Crippen LogP contribution in [0.25, 0.3) is 32.9 Å². The van der Waals surface area contributed by atoms with Crippen LogP contribution in [0, 0.1) is 24.0 Å². The lowest BCUT2D eigenvalue weighted by Gasteiger charge is -2.41. The van der Waals surface area contributed by atoms with E-state index in [9.17, 15) is 9.59 Å². The summed E-state index contributed by atoms with van der Waals surface area (Å²) in [5.41, 5.74) is -0.172. The van der Waals surface area contributed by atoms with Gasteiger partial charge in [-0.2, -0.15) is 9.97 Å². The van der Waals surface area contributed by atoms with Crippen LogP contribution in [0.2, 0.25) is 0 Å². The number of hydrogen-bond acceptors (Lipinski definition) is 9. The number of rotatable bonds is 7. The quantitative estimate of drug-likeness (QED) is 0.197. The Morgan fingerprint density at radius 2 is 1.90 bits per heavy atom. The molecule has 2 bridgehead atoms. The van der Waals surface area contributed by atoms with Crippen LogP contribution in [0.4, 0.5) is 19.4 Å². The molecule has 7 rings (SSSR count). The van der Waals surface area contributed by atoms with Crippen molar-refractivity contribution in [1.82, 2.24) is 29.7 Å². The molecule has 2 aromatic heterocycles. The fraction of sp³-hybridized carbons (Fsp3) is 0.378. The number of carbonyl (C=O) groups is 2. The second-order valence-electron chi connectivity index (χ2n) is 13.2. The number of carbonyl (C=O) groups excluding carboxylic acids is 2. The fourth-order valence-electron chi connectivity index (χ4n) is 7.41. The highest BCUT2D eigenvalue weighted by atomic mass is 19.1. The molecule has 3 atom stereocenters. The number of halogens is 2. The second-order valence-corrected chi connectivity index (χ2v) is 13.2. The third-order valence-corrected chi connectivity index (χ3v) is 9.94. The van der Waals surface area contributed by atoms with Gasteiger partial charge >= 0.3 is 12.1 Å². The number of terminal acetylenes is 1. The summed E-state index contributed by atoms with van der Waals surface area (Å²) in [7, 11) is 5.10. The monoisotopic (exact) mass is 681 g/mol. The maximum absolute atomic E-state index is 17.1. The van der Waals surface area contributed by atoms with Crippen molar-refractivity contribution in [2.45, 2.75) is 43.8 Å². The molecular weight excluding hydrogens is 644 g/mol. The molecular formula is C37H37F2N7O4. The number of nitrogens with zero attached hydrogens (tertiary/aromatic N) is 7. The van der Waals surface area contributed by atoms with Crippen LogP contribution in [0.3, 0.4) is 0 Å². The van der Waals surface area contributed by atoms with Crippen LogP contribution in [-0.2, 0) is 4.79 Å². The average Bonchev–Trinajstić information content (AvgIpc) is 3.64. The Kier molecular flexibility index (Phi) is 8.73. The minimum atomic E-state index is -0.804. The van der Waals surface area contributed by atoms with Gasteiger partial charge in [-0.15, -0.1) is 6.42 Å². The first-order valence-corrected chi connectivity index (χ1v) is 16.6. The molecule has 3 fully saturated rings. The van der Waals surface area contributed by atoms with Gasteiger partial charge in [-0.25, -0.2) is 13.6 Å². The standard InChI is InChI=1S/C37H37F2N7O4/c1-6-26-29(38)13-10-21-15-25(50-37(48)43(3)4)16-27(31(21)26)33-32(39)34-28(17-40-33)35(42-36(41-34)49-20-24-9-8-14-44(24)5)45-18-22-11-12-23(19-45)46(22)30(47)7-2/h1,7,10,13,15-17,22-24H,2,8-9,11-12,14,18-20H2,3-5H3/t22-,23+,24-/m0/s1. The number of hydrogen-bond donors (Lipinski definition) is 0. The van der Waals surface area contributed by atoms with E-state index in [-0.39, 0.29) is 63.5 Å². The molecule has 3 aliphatic heterocycles. The van der Waals surface area contributed by atoms with Gasteiger partial charge in [-0.05, 0) is 68.9 Å². The number of pyridine rings is 1. The van der Waals surface area contributed by atoms with E-state index in [4.69, 9.17) is 20.9 Å². The van der Waals surface area contributed by atoms with E-state index >= 15 is 8.78 Å². The maximum atomic E-state index is 17.1. The van der Waals surface area contributed by atoms with Crippen LogP contribution in [0.5, 0.6) is 11.8 Å². The average molecular weight is 682 g/mol. The zero-order valence-corrected chi connectivity index (χ0v) is 28.2. The van der Waals surface area contributed by atoms with Gasteiger partial charge in [0, 0.05) is 62.5 Å². The van der Waals surface area contributed by atoms with Crippen LogP contribution < -0.4 is 14.4 Å². The van der Waals surface area contributed by atoms with Crippen molar-refractivity contribution in [2.24, 2.45) is 0 Å². The van der Waals surface area contributed by atoms with Gasteiger partial charge in [0.2, 0.25) is 5.91 Å². The largest absolute Gasteiger partial charge is 0.462 e. The first kappa shape index (κ1) is 33.2. The molecule has 4 aromatic rings. The second kappa shape index (κ2) is 13.2. The van der Waals surface area contributed by atoms with E-state index in [1.807, 2.05) is 16.8 Å². The van der Waals surface area contributed by atoms with Gasteiger partial charge in [-0.1, -0.05) is 18.6 Å². The van der Waals surface area contributed by atoms with Gasteiger partial charge < -0.3 is 29.1 Å². The highest BCUT2D eigenvalue weighted by Crippen LogP contribution is 2.40. The molecule has 0 unspecified atom stereocenters. The highest BCUT2D eigenvalue weighted by molar-refractivity contribution is 6.03. The van der Waals surface area contributed by atoms with Gasteiger partial charge in [0.1, 0.15) is 35.2 Å². The predicted octanol–water partition coefficient (Wildman–Crippen LogP) is 5.00. The molecule has 5 heterocycles. The van der Waals surface area contributed by atoms with E-state index < -0.39 is 17.7 Å². The van der Waals surface area contributed by atoms with Gasteiger partial charge in [0.15, 0.2) is 5.82 Å². The molecule has 0 radical (unpaired) electrons. The number of amides is 2. The fourth-order valence-corrected chi connectivity index (χ4v) is 7.41. The van der Waals surface area contributed by atoms with E-state index in [1.165, 1.54) is 55.5 Å². The van der Waals surface area contributed by atoms with Gasteiger partial charge in [0.05, 0.1) is 10.9 Å². The molecule has 258 valence electrons. The summed E-state index contributed by atoms with van der Waals surface area (Å²) in [6.45, 7) is 5.90. The molecule has 50 heavy (non-hydrogen) atoms. The van der Waals surface area contributed by atoms with Crippen molar-refractivity contribution in [3.8, 4) is 35.4 Å². The highest BCUT2D eigenvalue weighted by Gasteiger charge is 2.42. The number of likely N-dealkylation sites (tertiary alicyclic amines) is 1. The van der Waals surface area contributed by atoms with Gasteiger partial charge in [0.25, 0.3) is 0 Å². The Balaban J connectivity index is 1.38. The Bertz CT molecular complexity index is 2070. The minimum Gasteiger partial charge on any atom is -0.462 e. The Hall–Kier alpha value is -5.35. The van der Waals surface area contributed by atoms with Crippen molar-refractivity contribution >= 4 is 39.5 Å². The third kappa shape index (κ3) is 5.83. The minimum absolute atomic E-state index is 0.00896. The summed E-state index contributed by atoms with van der Waals surface area (Å²) >= 11 is 0. The van der Waals surface area contributed by atoms with Crippen LogP contribution in [0.15, 0.2) is 43.1 Å². The Morgan fingerprint density at radius 1 is 1.14 bits per heavy atom. The lowest BCUT2D eigenvalue weighted by molar-refractivity contribution is -0.129. The number of piperazine rings is 1. The maximum Gasteiger partial charge on any atom is 0.414 e. The molecule has 0 N–H and O–H groups in total. The lowest BCUT2D eigenvalue weighted by Crippen LogP contribution is -2.55. The summed E-state index contributed by atoms with van der Waals surface area (Å²) in [5.74, 6) is 1.35. The molecule has 11 nitrogen and oxygen atoms in total. The van der Waals surface area contributed by atoms with Crippen LogP contribution in [-0.4, -0.2) is 107 Å². The van der Waals surface area contributed by atoms with Crippen molar-refractivity contribution in [2.75, 3.05) is 52.3 Å². The summed E-state index contributed by atoms with van der Waals surface area (Å²) in [6, 6.07) is 5.70. The molecule has 3 aliphatic rings. The third-order valence-electron chi connectivity index (χ3n) is 9.94. The normalized spacial score (nSPS) is 20.3. The van der Waals surface area contributed by atoms with Crippen molar-refractivity contribution < 1.29 is 27.8 Å². The van der Waals surface area contributed by atoms with Crippen LogP contribution >= 0.6 is 0 Å². The molecule has 3 saturated heterocycles. The predicted molar refractivity (Wildman–Crippen MR) is 185 cm³/mol. The molecule has 0 aliphatic carbocycles. The first-order valence-electron chi connectivity index (χ1n) is 16.6. The molecule has 2 amide bonds. The number of ether oxygens (including phenoxy) is 2. The molecule has 13 heteroatoms. The number of aromatic nitrogens is 3. The zero-order valence-electron chi connectivity index (χ0n) is 28.2. The Morgan fingerprint density at radius 3 is 2.56 bits per heavy atom. The zero-order chi connectivity index (χ0) is 35.3. The number of likely N-dealkylation sites (N-methyl/N-ethyl adjacent to an activating group) is 1. The molecule has 0 saturated carbocycles. The van der Waals surface area contributed by atoms with Crippen molar-refractivity contribution in [3.63, 3.8) is 0 Å². The Labute approximate surface area is 288 Å². The lowest BCUT2D eigenvalue weighted by atomic mass is 9.95. The summed E-state index contributed by atoms with van der Waals surface area (Å²) in [6.07, 6.45) is 11.6. The number of benzene rings is 2. The number of anilines is 1. The summed E-state index contributed by atoms with van der Waals surface area (Å²) in [4.78, 5) is 46.5. The van der Waals surface area contributed by atoms with E-state index in [0.717, 1.165) is 32.2 Å². The SMILES string of the molecule is C#Cc1c(F)ccc2cc(OC(=O)N(C)C)cc(-c3ncc4c(N5C[C@H]6CC[C@@H](C5)N6C(=O)C=C)nc(OC[C@@H]5CCCN5C)nc4c3F)c12.